The van der Waals surface area contributed by atoms with Crippen LogP contribution >= 0.6 is 11.3 Å². The number of nitrogens with one attached hydrogen (secondary N) is 1. The lowest BCUT2D eigenvalue weighted by Gasteiger charge is -1.99. The van der Waals surface area contributed by atoms with Gasteiger partial charge in [-0.05, 0) is 19.2 Å². The summed E-state index contributed by atoms with van der Waals surface area (Å²) in [7, 11) is 1.90. The van der Waals surface area contributed by atoms with Crippen LogP contribution in [0.4, 0.5) is 0 Å². The number of hydrogen-bond acceptors (Lipinski definition) is 6. The average molecular weight is 301 g/mol. The van der Waals surface area contributed by atoms with E-state index in [9.17, 15) is 0 Å². The molecule has 0 aliphatic carbocycles. The molecule has 0 aliphatic heterocycles. The molecule has 2 aromatic heterocycles. The second-order valence-electron chi connectivity index (χ2n) is 4.36. The van der Waals surface area contributed by atoms with Gasteiger partial charge < -0.3 is 10.1 Å². The molecule has 0 radical (unpaired) electrons. The maximum absolute atomic E-state index is 5.57. The highest BCUT2D eigenvalue weighted by Gasteiger charge is 2.06. The van der Waals surface area contributed by atoms with Gasteiger partial charge in [0.1, 0.15) is 17.9 Å². The Morgan fingerprint density at radius 2 is 2.14 bits per heavy atom. The van der Waals surface area contributed by atoms with Crippen LogP contribution in [0.5, 0.6) is 6.01 Å². The molecular weight excluding hydrogens is 286 g/mol. The van der Waals surface area contributed by atoms with E-state index in [0.717, 1.165) is 22.9 Å². The van der Waals surface area contributed by atoms with Crippen molar-refractivity contribution in [3.8, 4) is 11.7 Å². The van der Waals surface area contributed by atoms with E-state index in [1.807, 2.05) is 42.8 Å². The zero-order chi connectivity index (χ0) is 14.5. The van der Waals surface area contributed by atoms with E-state index in [1.54, 1.807) is 22.3 Å². The van der Waals surface area contributed by atoms with Crippen LogP contribution in [-0.4, -0.2) is 26.8 Å². The molecular formula is C14H15N5OS. The summed E-state index contributed by atoms with van der Waals surface area (Å²) in [5, 5.41) is 10.4. The zero-order valence-corrected chi connectivity index (χ0v) is 12.4. The van der Waals surface area contributed by atoms with Crippen molar-refractivity contribution in [1.29, 1.82) is 0 Å². The Labute approximate surface area is 126 Å². The van der Waals surface area contributed by atoms with Crippen molar-refractivity contribution in [1.82, 2.24) is 25.1 Å². The zero-order valence-electron chi connectivity index (χ0n) is 11.6. The van der Waals surface area contributed by atoms with E-state index in [2.05, 4.69) is 20.4 Å². The Kier molecular flexibility index (Phi) is 4.23. The molecule has 0 unspecified atom stereocenters. The third-order valence-corrected chi connectivity index (χ3v) is 3.67. The number of nitrogens with zero attached hydrogens (tertiary/aromatic N) is 4. The molecule has 6 nitrogen and oxygen atoms in total. The van der Waals surface area contributed by atoms with E-state index in [0.29, 0.717) is 12.6 Å². The molecule has 21 heavy (non-hydrogen) atoms. The van der Waals surface area contributed by atoms with Gasteiger partial charge in [-0.25, -0.2) is 9.67 Å². The Bertz CT molecular complexity index is 694. The van der Waals surface area contributed by atoms with Gasteiger partial charge in [-0.2, -0.15) is 4.98 Å². The van der Waals surface area contributed by atoms with Crippen molar-refractivity contribution in [2.75, 3.05) is 7.05 Å². The molecule has 0 aliphatic rings. The first-order valence-corrected chi connectivity index (χ1v) is 7.41. The van der Waals surface area contributed by atoms with Crippen molar-refractivity contribution in [2.45, 2.75) is 13.2 Å². The van der Waals surface area contributed by atoms with Gasteiger partial charge in [-0.1, -0.05) is 18.2 Å². The van der Waals surface area contributed by atoms with E-state index in [1.165, 1.54) is 0 Å². The molecule has 0 fully saturated rings. The van der Waals surface area contributed by atoms with E-state index in [-0.39, 0.29) is 0 Å². The number of para-hydroxylation sites is 1. The number of aromatic nitrogens is 4. The van der Waals surface area contributed by atoms with Gasteiger partial charge in [-0.3, -0.25) is 0 Å². The third kappa shape index (κ3) is 3.45. The highest BCUT2D eigenvalue weighted by molar-refractivity contribution is 7.09. The Morgan fingerprint density at radius 1 is 1.29 bits per heavy atom. The fourth-order valence-electron chi connectivity index (χ4n) is 1.81. The molecule has 0 atom stereocenters. The molecule has 1 N–H and O–H groups in total. The van der Waals surface area contributed by atoms with Crippen molar-refractivity contribution in [3.63, 3.8) is 0 Å². The van der Waals surface area contributed by atoms with E-state index < -0.39 is 0 Å². The monoisotopic (exact) mass is 301 g/mol. The summed E-state index contributed by atoms with van der Waals surface area (Å²) in [6.07, 6.45) is 1.64. The smallest absolute Gasteiger partial charge is 0.336 e. The summed E-state index contributed by atoms with van der Waals surface area (Å²) in [4.78, 5) is 8.59. The molecule has 2 heterocycles. The highest BCUT2D eigenvalue weighted by atomic mass is 32.1. The minimum absolute atomic E-state index is 0.349. The Morgan fingerprint density at radius 3 is 2.95 bits per heavy atom. The molecule has 0 bridgehead atoms. The minimum Gasteiger partial charge on any atom is -0.456 e. The summed E-state index contributed by atoms with van der Waals surface area (Å²) in [5.41, 5.74) is 1.84. The van der Waals surface area contributed by atoms with Gasteiger partial charge in [0.15, 0.2) is 0 Å². The standard InChI is InChI=1S/C14H15N5OS/c1-15-7-13-17-11(9-21-13)8-20-14-16-10-19(18-14)12-5-3-2-4-6-12/h2-6,9-10,15H,7-8H2,1H3. The summed E-state index contributed by atoms with van der Waals surface area (Å²) >= 11 is 1.61. The van der Waals surface area contributed by atoms with Crippen LogP contribution in [-0.2, 0) is 13.2 Å². The lowest BCUT2D eigenvalue weighted by molar-refractivity contribution is 0.277. The Balaban J connectivity index is 1.62. The van der Waals surface area contributed by atoms with Gasteiger partial charge in [0.05, 0.1) is 11.4 Å². The number of hydrogen-bond donors (Lipinski definition) is 1. The summed E-state index contributed by atoms with van der Waals surface area (Å²) in [6, 6.07) is 10.1. The maximum atomic E-state index is 5.57. The van der Waals surface area contributed by atoms with E-state index >= 15 is 0 Å². The first-order chi connectivity index (χ1) is 10.3. The van der Waals surface area contributed by atoms with Gasteiger partial charge in [0.2, 0.25) is 0 Å². The predicted molar refractivity (Wildman–Crippen MR) is 80.6 cm³/mol. The molecule has 0 saturated carbocycles. The molecule has 0 spiro atoms. The van der Waals surface area contributed by atoms with Gasteiger partial charge in [-0.15, -0.1) is 16.4 Å². The molecule has 7 heteroatoms. The van der Waals surface area contributed by atoms with Crippen LogP contribution in [0.15, 0.2) is 42.0 Å². The fourth-order valence-corrected chi connectivity index (χ4v) is 2.60. The minimum atomic E-state index is 0.349. The lowest BCUT2D eigenvalue weighted by atomic mass is 10.3. The van der Waals surface area contributed by atoms with Gasteiger partial charge in [0, 0.05) is 11.9 Å². The quantitative estimate of drug-likeness (QED) is 0.754. The second-order valence-corrected chi connectivity index (χ2v) is 5.30. The lowest BCUT2D eigenvalue weighted by Crippen LogP contribution is -2.05. The first-order valence-electron chi connectivity index (χ1n) is 6.53. The SMILES string of the molecule is CNCc1nc(COc2ncn(-c3ccccc3)n2)cs1. The molecule has 3 aromatic rings. The topological polar surface area (TPSA) is 64.9 Å². The summed E-state index contributed by atoms with van der Waals surface area (Å²) in [6.45, 7) is 1.14. The van der Waals surface area contributed by atoms with Crippen LogP contribution in [0.25, 0.3) is 5.69 Å². The average Bonchev–Trinajstić information content (AvgIpc) is 3.16. The van der Waals surface area contributed by atoms with Crippen LogP contribution in [0, 0.1) is 0 Å². The maximum Gasteiger partial charge on any atom is 0.336 e. The normalized spacial score (nSPS) is 10.7. The van der Waals surface area contributed by atoms with E-state index in [4.69, 9.17) is 4.74 Å². The highest BCUT2D eigenvalue weighted by Crippen LogP contribution is 2.13. The number of rotatable bonds is 6. The predicted octanol–water partition coefficient (Wildman–Crippen LogP) is 2.02. The number of thiazole rings is 1. The molecule has 108 valence electrons. The second kappa shape index (κ2) is 6.47. The third-order valence-electron chi connectivity index (χ3n) is 2.77. The van der Waals surface area contributed by atoms with Crippen LogP contribution in [0.2, 0.25) is 0 Å². The van der Waals surface area contributed by atoms with Crippen LogP contribution < -0.4 is 10.1 Å². The van der Waals surface area contributed by atoms with Crippen LogP contribution in [0.3, 0.4) is 0 Å². The summed E-state index contributed by atoms with van der Waals surface area (Å²) < 4.78 is 7.25. The fraction of sp³-hybridized carbons (Fsp3) is 0.214. The van der Waals surface area contributed by atoms with Crippen molar-refractivity contribution in [2.24, 2.45) is 0 Å². The number of benzene rings is 1. The molecule has 3 rings (SSSR count). The van der Waals surface area contributed by atoms with Gasteiger partial charge >= 0.3 is 6.01 Å². The molecule has 0 saturated heterocycles. The first kappa shape index (κ1) is 13.7. The number of ether oxygens (including phenoxy) is 1. The Hall–Kier alpha value is -2.25. The van der Waals surface area contributed by atoms with Gasteiger partial charge in [0.25, 0.3) is 0 Å². The molecule has 0 amide bonds. The van der Waals surface area contributed by atoms with Crippen LogP contribution in [0.1, 0.15) is 10.7 Å². The van der Waals surface area contributed by atoms with Crippen molar-refractivity contribution >= 4 is 11.3 Å². The largest absolute Gasteiger partial charge is 0.456 e. The van der Waals surface area contributed by atoms with Crippen molar-refractivity contribution < 1.29 is 4.74 Å². The van der Waals surface area contributed by atoms with Crippen molar-refractivity contribution in [3.05, 3.63) is 52.7 Å². The molecule has 1 aromatic carbocycles. The summed E-state index contributed by atoms with van der Waals surface area (Å²) in [5.74, 6) is 0.